The third kappa shape index (κ3) is 2.52. The third-order valence-electron chi connectivity index (χ3n) is 3.82. The molecule has 15 heavy (non-hydrogen) atoms. The van der Waals surface area contributed by atoms with Gasteiger partial charge < -0.3 is 0 Å². The second kappa shape index (κ2) is 4.99. The number of nitriles is 1. The van der Waals surface area contributed by atoms with Gasteiger partial charge in [0.2, 0.25) is 0 Å². The van der Waals surface area contributed by atoms with Crippen molar-refractivity contribution in [2.75, 3.05) is 6.54 Å². The van der Waals surface area contributed by atoms with Crippen LogP contribution in [0.5, 0.6) is 0 Å². The zero-order valence-electron chi connectivity index (χ0n) is 9.78. The molecular weight excluding hydrogens is 184 g/mol. The van der Waals surface area contributed by atoms with Crippen LogP contribution in [-0.4, -0.2) is 23.5 Å². The molecule has 0 radical (unpaired) electrons. The van der Waals surface area contributed by atoms with Crippen LogP contribution in [0.1, 0.15) is 51.9 Å². The van der Waals surface area contributed by atoms with E-state index in [0.29, 0.717) is 12.0 Å². The van der Waals surface area contributed by atoms with Gasteiger partial charge in [-0.15, -0.1) is 0 Å². The van der Waals surface area contributed by atoms with Crippen molar-refractivity contribution in [2.24, 2.45) is 5.92 Å². The van der Waals surface area contributed by atoms with Crippen LogP contribution in [0.15, 0.2) is 0 Å². The van der Waals surface area contributed by atoms with Gasteiger partial charge in [-0.25, -0.2) is 0 Å². The summed E-state index contributed by atoms with van der Waals surface area (Å²) >= 11 is 0. The lowest BCUT2D eigenvalue weighted by atomic mass is 9.84. The molecule has 0 saturated heterocycles. The highest BCUT2D eigenvalue weighted by atomic mass is 15.2. The Labute approximate surface area is 93.3 Å². The lowest BCUT2D eigenvalue weighted by molar-refractivity contribution is 0.119. The van der Waals surface area contributed by atoms with Crippen molar-refractivity contribution in [3.8, 4) is 6.07 Å². The molecule has 2 rings (SSSR count). The fourth-order valence-electron chi connectivity index (χ4n) is 2.94. The van der Waals surface area contributed by atoms with Crippen molar-refractivity contribution < 1.29 is 0 Å². The van der Waals surface area contributed by atoms with Crippen LogP contribution in [-0.2, 0) is 0 Å². The van der Waals surface area contributed by atoms with E-state index in [4.69, 9.17) is 0 Å². The maximum absolute atomic E-state index is 9.20. The molecule has 0 aliphatic heterocycles. The highest BCUT2D eigenvalue weighted by Gasteiger charge is 2.37. The predicted molar refractivity (Wildman–Crippen MR) is 61.4 cm³/mol. The van der Waals surface area contributed by atoms with Crippen LogP contribution >= 0.6 is 0 Å². The van der Waals surface area contributed by atoms with Crippen molar-refractivity contribution in [3.63, 3.8) is 0 Å². The van der Waals surface area contributed by atoms with Crippen LogP contribution in [0.3, 0.4) is 0 Å². The largest absolute Gasteiger partial charge is 0.296 e. The molecule has 0 aromatic rings. The first kappa shape index (κ1) is 11.0. The molecule has 2 nitrogen and oxygen atoms in total. The molecule has 0 aromatic heterocycles. The van der Waals surface area contributed by atoms with Crippen LogP contribution in [0, 0.1) is 17.2 Å². The summed E-state index contributed by atoms with van der Waals surface area (Å²) in [6.07, 6.45) is 8.95. The lowest BCUT2D eigenvalue weighted by Gasteiger charge is -2.37. The second-order valence-electron chi connectivity index (χ2n) is 5.06. The van der Waals surface area contributed by atoms with E-state index in [2.05, 4.69) is 17.9 Å². The third-order valence-corrected chi connectivity index (χ3v) is 3.82. The average Bonchev–Trinajstić information content (AvgIpc) is 3.10. The fourth-order valence-corrected chi connectivity index (χ4v) is 2.94. The van der Waals surface area contributed by atoms with Gasteiger partial charge in [-0.3, -0.25) is 4.90 Å². The van der Waals surface area contributed by atoms with Crippen LogP contribution in [0.4, 0.5) is 0 Å². The number of hydrogen-bond donors (Lipinski definition) is 0. The molecule has 84 valence electrons. The molecule has 0 amide bonds. The summed E-state index contributed by atoms with van der Waals surface area (Å²) in [5.41, 5.74) is 0. The molecule has 0 spiro atoms. The van der Waals surface area contributed by atoms with E-state index in [1.165, 1.54) is 45.1 Å². The summed E-state index contributed by atoms with van der Waals surface area (Å²) in [7, 11) is 0. The molecule has 2 unspecified atom stereocenters. The Morgan fingerprint density at radius 2 is 1.93 bits per heavy atom. The Balaban J connectivity index is 2.00. The molecule has 0 N–H and O–H groups in total. The Hall–Kier alpha value is -0.550. The zero-order chi connectivity index (χ0) is 10.7. The van der Waals surface area contributed by atoms with E-state index in [0.717, 1.165) is 12.5 Å². The molecule has 0 heterocycles. The van der Waals surface area contributed by atoms with E-state index in [1.54, 1.807) is 0 Å². The quantitative estimate of drug-likeness (QED) is 0.707. The summed E-state index contributed by atoms with van der Waals surface area (Å²) in [6, 6.07) is 3.94. The fraction of sp³-hybridized carbons (Fsp3) is 0.923. The molecule has 2 fully saturated rings. The van der Waals surface area contributed by atoms with Gasteiger partial charge in [0.25, 0.3) is 0 Å². The van der Waals surface area contributed by atoms with Gasteiger partial charge in [-0.05, 0) is 38.6 Å². The molecule has 0 aromatic carbocycles. The van der Waals surface area contributed by atoms with E-state index < -0.39 is 0 Å². The first-order valence-electron chi connectivity index (χ1n) is 6.52. The van der Waals surface area contributed by atoms with Gasteiger partial charge >= 0.3 is 0 Å². The summed E-state index contributed by atoms with van der Waals surface area (Å²) < 4.78 is 0. The predicted octanol–water partition coefficient (Wildman–Crippen LogP) is 2.94. The molecule has 2 atom stereocenters. The molecule has 2 heteroatoms. The monoisotopic (exact) mass is 206 g/mol. The number of nitrogens with zero attached hydrogens (tertiary/aromatic N) is 2. The second-order valence-corrected chi connectivity index (χ2v) is 5.06. The molecule has 2 aliphatic rings. The van der Waals surface area contributed by atoms with Gasteiger partial charge in [-0.2, -0.15) is 5.26 Å². The number of hydrogen-bond acceptors (Lipinski definition) is 2. The zero-order valence-corrected chi connectivity index (χ0v) is 9.78. The minimum atomic E-state index is 0.311. The van der Waals surface area contributed by atoms with Gasteiger partial charge in [-0.1, -0.05) is 19.8 Å². The first-order chi connectivity index (χ1) is 7.36. The lowest BCUT2D eigenvalue weighted by Crippen LogP contribution is -2.43. The normalized spacial score (nSPS) is 31.5. The Morgan fingerprint density at radius 1 is 1.20 bits per heavy atom. The number of rotatable bonds is 4. The maximum Gasteiger partial charge on any atom is 0.0672 e. The van der Waals surface area contributed by atoms with Crippen molar-refractivity contribution in [3.05, 3.63) is 0 Å². The molecule has 0 bridgehead atoms. The van der Waals surface area contributed by atoms with Crippen molar-refractivity contribution in [2.45, 2.75) is 64.0 Å². The molecular formula is C13H22N2. The molecule has 2 aliphatic carbocycles. The minimum Gasteiger partial charge on any atom is -0.296 e. The van der Waals surface area contributed by atoms with Crippen LogP contribution < -0.4 is 0 Å². The van der Waals surface area contributed by atoms with Crippen LogP contribution in [0.2, 0.25) is 0 Å². The van der Waals surface area contributed by atoms with Gasteiger partial charge in [0.05, 0.1) is 12.0 Å². The van der Waals surface area contributed by atoms with E-state index >= 15 is 0 Å². The standard InChI is InChI=1S/C13H22N2/c1-2-9-15(12-7-8-12)13-6-4-3-5-11(13)10-14/h11-13H,2-9H2,1H3. The molecule has 2 saturated carbocycles. The Kier molecular flexibility index (Phi) is 3.64. The SMILES string of the molecule is CCCN(C1CC1)C1CCCCC1C#N. The van der Waals surface area contributed by atoms with Crippen molar-refractivity contribution >= 4 is 0 Å². The smallest absolute Gasteiger partial charge is 0.0672 e. The summed E-state index contributed by atoms with van der Waals surface area (Å²) in [6.45, 7) is 3.45. The average molecular weight is 206 g/mol. The van der Waals surface area contributed by atoms with Crippen molar-refractivity contribution in [1.82, 2.24) is 4.90 Å². The summed E-state index contributed by atoms with van der Waals surface area (Å²) in [4.78, 5) is 2.65. The Morgan fingerprint density at radius 3 is 2.53 bits per heavy atom. The first-order valence-corrected chi connectivity index (χ1v) is 6.52. The van der Waals surface area contributed by atoms with E-state index in [-0.39, 0.29) is 0 Å². The van der Waals surface area contributed by atoms with Crippen LogP contribution in [0.25, 0.3) is 0 Å². The highest BCUT2D eigenvalue weighted by Crippen LogP contribution is 2.36. The van der Waals surface area contributed by atoms with Gasteiger partial charge in [0, 0.05) is 12.1 Å². The van der Waals surface area contributed by atoms with E-state index in [9.17, 15) is 5.26 Å². The summed E-state index contributed by atoms with van der Waals surface area (Å²) in [5.74, 6) is 0.311. The maximum atomic E-state index is 9.20. The van der Waals surface area contributed by atoms with E-state index in [1.807, 2.05) is 0 Å². The van der Waals surface area contributed by atoms with Gasteiger partial charge in [0.15, 0.2) is 0 Å². The van der Waals surface area contributed by atoms with Gasteiger partial charge in [0.1, 0.15) is 0 Å². The topological polar surface area (TPSA) is 27.0 Å². The highest BCUT2D eigenvalue weighted by molar-refractivity contribution is 4.99. The minimum absolute atomic E-state index is 0.311. The van der Waals surface area contributed by atoms with Crippen molar-refractivity contribution in [1.29, 1.82) is 5.26 Å². The summed E-state index contributed by atoms with van der Waals surface area (Å²) in [5, 5.41) is 9.20. The Bertz CT molecular complexity index is 239.